The molecule has 98 valence electrons. The summed E-state index contributed by atoms with van der Waals surface area (Å²) in [5.41, 5.74) is 8.91. The molecule has 3 heteroatoms. The number of anilines is 1. The van der Waals surface area contributed by atoms with Crippen LogP contribution >= 0.6 is 0 Å². The molecule has 0 saturated heterocycles. The maximum Gasteiger partial charge on any atom is 0.331 e. The van der Waals surface area contributed by atoms with E-state index >= 15 is 0 Å². The molecule has 0 spiro atoms. The third-order valence-electron chi connectivity index (χ3n) is 2.54. The van der Waals surface area contributed by atoms with Crippen LogP contribution in [0.4, 0.5) is 5.69 Å². The van der Waals surface area contributed by atoms with E-state index in [1.807, 2.05) is 52.8 Å². The first-order valence-corrected chi connectivity index (χ1v) is 5.97. The summed E-state index contributed by atoms with van der Waals surface area (Å²) in [6, 6.07) is 5.67. The highest BCUT2D eigenvalue weighted by Crippen LogP contribution is 2.23. The lowest BCUT2D eigenvalue weighted by Gasteiger charge is -2.18. The molecule has 0 atom stereocenters. The predicted molar refractivity (Wildman–Crippen MR) is 75.1 cm³/mol. The van der Waals surface area contributed by atoms with Crippen LogP contribution in [-0.2, 0) is 9.53 Å². The number of allylic oxidation sites excluding steroid dienone is 1. The molecule has 2 N–H and O–H groups in total. The molecule has 3 nitrogen and oxygen atoms in total. The first kappa shape index (κ1) is 14.3. The number of esters is 1. The summed E-state index contributed by atoms with van der Waals surface area (Å²) in [5, 5.41) is 0. The van der Waals surface area contributed by atoms with Gasteiger partial charge in [0.05, 0.1) is 0 Å². The first-order valence-electron chi connectivity index (χ1n) is 5.97. The van der Waals surface area contributed by atoms with Crippen molar-refractivity contribution in [2.45, 2.75) is 40.2 Å². The van der Waals surface area contributed by atoms with Crippen molar-refractivity contribution in [2.75, 3.05) is 5.73 Å². The van der Waals surface area contributed by atoms with Crippen LogP contribution in [0.15, 0.2) is 24.3 Å². The largest absolute Gasteiger partial charge is 0.457 e. The number of ether oxygens (including phenoxy) is 1. The second kappa shape index (κ2) is 5.25. The van der Waals surface area contributed by atoms with Gasteiger partial charge in [-0.05, 0) is 57.4 Å². The van der Waals surface area contributed by atoms with Gasteiger partial charge in [0.25, 0.3) is 0 Å². The molecule has 1 aromatic rings. The van der Waals surface area contributed by atoms with E-state index in [-0.39, 0.29) is 5.97 Å². The van der Waals surface area contributed by atoms with E-state index in [0.29, 0.717) is 0 Å². The lowest BCUT2D eigenvalue weighted by atomic mass is 10.0. The highest BCUT2D eigenvalue weighted by molar-refractivity contribution is 5.92. The van der Waals surface area contributed by atoms with E-state index in [1.165, 1.54) is 6.08 Å². The molecule has 0 amide bonds. The maximum atomic E-state index is 11.7. The van der Waals surface area contributed by atoms with Crippen LogP contribution in [0.1, 0.15) is 38.8 Å². The van der Waals surface area contributed by atoms with Gasteiger partial charge in [-0.1, -0.05) is 12.1 Å². The van der Waals surface area contributed by atoms with Gasteiger partial charge in [-0.15, -0.1) is 0 Å². The monoisotopic (exact) mass is 247 g/mol. The molecule has 0 fully saturated rings. The van der Waals surface area contributed by atoms with Gasteiger partial charge in [0, 0.05) is 11.8 Å². The molecule has 18 heavy (non-hydrogen) atoms. The Morgan fingerprint density at radius 3 is 2.50 bits per heavy atom. The number of nitrogen functional groups attached to an aromatic ring is 1. The van der Waals surface area contributed by atoms with Crippen LogP contribution in [0.2, 0.25) is 0 Å². The van der Waals surface area contributed by atoms with Crippen LogP contribution in [0.3, 0.4) is 0 Å². The summed E-state index contributed by atoms with van der Waals surface area (Å²) in [6.07, 6.45) is 1.51. The van der Waals surface area contributed by atoms with Gasteiger partial charge in [-0.3, -0.25) is 0 Å². The van der Waals surface area contributed by atoms with Gasteiger partial charge in [0.2, 0.25) is 0 Å². The van der Waals surface area contributed by atoms with Crippen LogP contribution in [0, 0.1) is 6.92 Å². The fourth-order valence-electron chi connectivity index (χ4n) is 1.67. The molecule has 0 aliphatic carbocycles. The van der Waals surface area contributed by atoms with Gasteiger partial charge < -0.3 is 10.5 Å². The van der Waals surface area contributed by atoms with E-state index < -0.39 is 5.60 Å². The summed E-state index contributed by atoms with van der Waals surface area (Å²) in [6.45, 7) is 9.36. The standard InChI is InChI=1S/C15H21NO2/c1-10(9-14(17)18-15(3,4)5)12-7-6-8-13(16)11(12)2/h6-9H,16H2,1-5H3/b10-9-. The van der Waals surface area contributed by atoms with E-state index in [1.54, 1.807) is 0 Å². The minimum absolute atomic E-state index is 0.332. The second-order valence-corrected chi connectivity index (χ2v) is 5.38. The van der Waals surface area contributed by atoms with Crippen molar-refractivity contribution in [3.63, 3.8) is 0 Å². The lowest BCUT2D eigenvalue weighted by molar-refractivity contribution is -0.148. The molecule has 1 aromatic carbocycles. The fraction of sp³-hybridized carbons (Fsp3) is 0.400. The SMILES string of the molecule is C/C(=C/C(=O)OC(C)(C)C)c1cccc(N)c1C. The zero-order valence-electron chi connectivity index (χ0n) is 11.7. The quantitative estimate of drug-likeness (QED) is 0.495. The van der Waals surface area contributed by atoms with Crippen molar-refractivity contribution < 1.29 is 9.53 Å². The van der Waals surface area contributed by atoms with Gasteiger partial charge in [-0.2, -0.15) is 0 Å². The van der Waals surface area contributed by atoms with Crippen LogP contribution in [0.25, 0.3) is 5.57 Å². The molecule has 0 heterocycles. The van der Waals surface area contributed by atoms with E-state index in [2.05, 4.69) is 0 Å². The van der Waals surface area contributed by atoms with E-state index in [4.69, 9.17) is 10.5 Å². The topological polar surface area (TPSA) is 52.3 Å². The summed E-state index contributed by atoms with van der Waals surface area (Å²) >= 11 is 0. The third kappa shape index (κ3) is 3.91. The van der Waals surface area contributed by atoms with Crippen molar-refractivity contribution in [1.29, 1.82) is 0 Å². The van der Waals surface area contributed by atoms with E-state index in [9.17, 15) is 4.79 Å². The van der Waals surface area contributed by atoms with Crippen molar-refractivity contribution in [3.05, 3.63) is 35.4 Å². The molecule has 0 aliphatic rings. The Labute approximate surface area is 109 Å². The number of benzene rings is 1. The van der Waals surface area contributed by atoms with Gasteiger partial charge in [0.15, 0.2) is 0 Å². The average molecular weight is 247 g/mol. The molecule has 0 saturated carbocycles. The van der Waals surface area contributed by atoms with Crippen LogP contribution in [-0.4, -0.2) is 11.6 Å². The van der Waals surface area contributed by atoms with Crippen LogP contribution in [0.5, 0.6) is 0 Å². The second-order valence-electron chi connectivity index (χ2n) is 5.38. The molecule has 1 rings (SSSR count). The molecule has 0 unspecified atom stereocenters. The molecule has 0 aliphatic heterocycles. The minimum Gasteiger partial charge on any atom is -0.457 e. The predicted octanol–water partition coefficient (Wildman–Crippen LogP) is 3.32. The number of carbonyl (C=O) groups excluding carboxylic acids is 1. The summed E-state index contributed by atoms with van der Waals surface area (Å²) in [4.78, 5) is 11.7. The zero-order chi connectivity index (χ0) is 13.9. The van der Waals surface area contributed by atoms with Crippen molar-refractivity contribution in [2.24, 2.45) is 0 Å². The van der Waals surface area contributed by atoms with Gasteiger partial charge >= 0.3 is 5.97 Å². The highest BCUT2D eigenvalue weighted by atomic mass is 16.6. The number of nitrogens with two attached hydrogens (primary N) is 1. The molecular formula is C15H21NO2. The highest BCUT2D eigenvalue weighted by Gasteiger charge is 2.15. The smallest absolute Gasteiger partial charge is 0.331 e. The number of carbonyl (C=O) groups is 1. The normalized spacial score (nSPS) is 12.4. The molecule has 0 aromatic heterocycles. The Bertz CT molecular complexity index is 482. The summed E-state index contributed by atoms with van der Waals surface area (Å²) in [7, 11) is 0. The van der Waals surface area contributed by atoms with E-state index in [0.717, 1.165) is 22.4 Å². The Morgan fingerprint density at radius 2 is 1.94 bits per heavy atom. The molecule has 0 bridgehead atoms. The Hall–Kier alpha value is -1.77. The molecule has 0 radical (unpaired) electrons. The molecular weight excluding hydrogens is 226 g/mol. The van der Waals surface area contributed by atoms with Crippen LogP contribution < -0.4 is 5.73 Å². The van der Waals surface area contributed by atoms with Crippen molar-refractivity contribution in [3.8, 4) is 0 Å². The lowest BCUT2D eigenvalue weighted by Crippen LogP contribution is -2.22. The fourth-order valence-corrected chi connectivity index (χ4v) is 1.67. The maximum absolute atomic E-state index is 11.7. The Morgan fingerprint density at radius 1 is 1.33 bits per heavy atom. The van der Waals surface area contributed by atoms with Crippen molar-refractivity contribution in [1.82, 2.24) is 0 Å². The number of hydrogen-bond acceptors (Lipinski definition) is 3. The Kier molecular flexibility index (Phi) is 4.17. The Balaban J connectivity index is 2.97. The average Bonchev–Trinajstić information content (AvgIpc) is 2.18. The van der Waals surface area contributed by atoms with Gasteiger partial charge in [-0.25, -0.2) is 4.79 Å². The van der Waals surface area contributed by atoms with Gasteiger partial charge in [0.1, 0.15) is 5.60 Å². The first-order chi connectivity index (χ1) is 8.20. The number of rotatable bonds is 2. The number of hydrogen-bond donors (Lipinski definition) is 1. The zero-order valence-corrected chi connectivity index (χ0v) is 11.7. The summed E-state index contributed by atoms with van der Waals surface area (Å²) < 4.78 is 5.25. The minimum atomic E-state index is -0.474. The summed E-state index contributed by atoms with van der Waals surface area (Å²) in [5.74, 6) is -0.332. The third-order valence-corrected chi connectivity index (χ3v) is 2.54. The van der Waals surface area contributed by atoms with Crippen molar-refractivity contribution >= 4 is 17.2 Å².